The first-order valence-corrected chi connectivity index (χ1v) is 7.52. The summed E-state index contributed by atoms with van der Waals surface area (Å²) in [6, 6.07) is 0. The summed E-state index contributed by atoms with van der Waals surface area (Å²) in [6.07, 6.45) is 5.10. The highest BCUT2D eigenvalue weighted by Crippen LogP contribution is 2.23. The molecule has 0 aliphatic carbocycles. The maximum atomic E-state index is 6.18. The largest absolute Gasteiger partial charge is 0.383 e. The number of imidazole rings is 1. The molecule has 0 aliphatic heterocycles. The van der Waals surface area contributed by atoms with Gasteiger partial charge < -0.3 is 10.1 Å². The summed E-state index contributed by atoms with van der Waals surface area (Å²) in [5, 5.41) is 5.92. The molecule has 0 aromatic carbocycles. The fourth-order valence-electron chi connectivity index (χ4n) is 1.80. The number of halogens is 1. The number of fused-ring (bicyclic) bond motifs is 1. The van der Waals surface area contributed by atoms with E-state index in [2.05, 4.69) is 23.3 Å². The quantitative estimate of drug-likeness (QED) is 0.799. The Kier molecular flexibility index (Phi) is 5.39. The molecule has 0 unspecified atom stereocenters. The van der Waals surface area contributed by atoms with E-state index in [1.807, 2.05) is 16.0 Å². The van der Waals surface area contributed by atoms with Gasteiger partial charge in [0.2, 0.25) is 0 Å². The molecule has 19 heavy (non-hydrogen) atoms. The zero-order valence-corrected chi connectivity index (χ0v) is 12.7. The number of hydrogen-bond donors (Lipinski definition) is 1. The van der Waals surface area contributed by atoms with Crippen LogP contribution < -0.4 is 5.32 Å². The Labute approximate surface area is 122 Å². The second-order valence-corrected chi connectivity index (χ2v) is 5.40. The summed E-state index contributed by atoms with van der Waals surface area (Å²) in [5.41, 5.74) is 2.26. The first-order valence-electron chi connectivity index (χ1n) is 6.26. The topological polar surface area (TPSA) is 38.6 Å². The molecule has 6 heteroatoms. The number of aromatic nitrogens is 2. The average Bonchev–Trinajstić information content (AvgIpc) is 2.95. The second-order valence-electron chi connectivity index (χ2n) is 4.17. The highest BCUT2D eigenvalue weighted by atomic mass is 35.5. The molecule has 0 aliphatic rings. The van der Waals surface area contributed by atoms with Gasteiger partial charge in [-0.15, -0.1) is 11.3 Å². The Morgan fingerprint density at radius 2 is 2.47 bits per heavy atom. The molecule has 0 bridgehead atoms. The van der Waals surface area contributed by atoms with Crippen LogP contribution in [0.15, 0.2) is 17.2 Å². The smallest absolute Gasteiger partial charge is 0.195 e. The van der Waals surface area contributed by atoms with E-state index in [4.69, 9.17) is 16.3 Å². The van der Waals surface area contributed by atoms with Crippen molar-refractivity contribution in [3.05, 3.63) is 28.0 Å². The fraction of sp³-hybridized carbons (Fsp3) is 0.462. The van der Waals surface area contributed by atoms with Gasteiger partial charge in [0, 0.05) is 31.8 Å². The van der Waals surface area contributed by atoms with E-state index in [-0.39, 0.29) is 0 Å². The van der Waals surface area contributed by atoms with Crippen LogP contribution in [-0.4, -0.2) is 36.2 Å². The third kappa shape index (κ3) is 3.57. The van der Waals surface area contributed by atoms with Gasteiger partial charge in [-0.1, -0.05) is 24.1 Å². The van der Waals surface area contributed by atoms with Crippen LogP contribution in [0.1, 0.15) is 19.0 Å². The molecule has 2 heterocycles. The van der Waals surface area contributed by atoms with Crippen molar-refractivity contribution in [1.82, 2.24) is 14.7 Å². The zero-order chi connectivity index (χ0) is 13.7. The SMILES string of the molecule is CCC(=Cc1c(Cl)nc2sccn12)CNCCOC. The van der Waals surface area contributed by atoms with E-state index in [1.165, 1.54) is 5.57 Å². The standard InChI is InChI=1S/C13H18ClN3OS/c1-3-10(9-15-4-6-18-2)8-11-12(14)16-13-17(11)5-7-19-13/h5,7-8,15H,3-4,6,9H2,1-2H3. The lowest BCUT2D eigenvalue weighted by Crippen LogP contribution is -2.21. The van der Waals surface area contributed by atoms with Crippen LogP contribution in [0.3, 0.4) is 0 Å². The summed E-state index contributed by atoms with van der Waals surface area (Å²) in [4.78, 5) is 5.26. The second kappa shape index (κ2) is 7.05. The molecule has 0 saturated carbocycles. The lowest BCUT2D eigenvalue weighted by molar-refractivity contribution is 0.200. The summed E-state index contributed by atoms with van der Waals surface area (Å²) in [6.45, 7) is 4.55. The predicted octanol–water partition coefficient (Wildman–Crippen LogP) is 3.08. The van der Waals surface area contributed by atoms with Crippen molar-refractivity contribution in [3.8, 4) is 0 Å². The van der Waals surface area contributed by atoms with Crippen molar-refractivity contribution in [2.24, 2.45) is 0 Å². The molecule has 1 N–H and O–H groups in total. The number of methoxy groups -OCH3 is 1. The van der Waals surface area contributed by atoms with E-state index in [1.54, 1.807) is 18.4 Å². The lowest BCUT2D eigenvalue weighted by atomic mass is 10.1. The van der Waals surface area contributed by atoms with Crippen LogP contribution in [0.5, 0.6) is 0 Å². The van der Waals surface area contributed by atoms with E-state index in [0.717, 1.165) is 36.8 Å². The fourth-order valence-corrected chi connectivity index (χ4v) is 2.80. The molecular weight excluding hydrogens is 282 g/mol. The summed E-state index contributed by atoms with van der Waals surface area (Å²) < 4.78 is 7.04. The molecule has 0 fully saturated rings. The van der Waals surface area contributed by atoms with E-state index >= 15 is 0 Å². The number of thiazole rings is 1. The monoisotopic (exact) mass is 299 g/mol. The third-order valence-corrected chi connectivity index (χ3v) is 3.92. The molecule has 2 aromatic heterocycles. The number of nitrogens with zero attached hydrogens (tertiary/aromatic N) is 2. The molecule has 2 rings (SSSR count). The Balaban J connectivity index is 2.12. The minimum absolute atomic E-state index is 0.565. The van der Waals surface area contributed by atoms with Gasteiger partial charge in [-0.2, -0.15) is 0 Å². The van der Waals surface area contributed by atoms with Gasteiger partial charge in [0.1, 0.15) is 0 Å². The average molecular weight is 300 g/mol. The number of nitrogens with one attached hydrogen (secondary N) is 1. The Bertz CT molecular complexity index is 561. The highest BCUT2D eigenvalue weighted by molar-refractivity contribution is 7.15. The first kappa shape index (κ1) is 14.5. The van der Waals surface area contributed by atoms with Crippen molar-refractivity contribution in [2.45, 2.75) is 13.3 Å². The normalized spacial score (nSPS) is 12.5. The van der Waals surface area contributed by atoms with Gasteiger partial charge in [0.25, 0.3) is 0 Å². The van der Waals surface area contributed by atoms with Gasteiger partial charge in [0.15, 0.2) is 10.1 Å². The number of rotatable bonds is 7. The highest BCUT2D eigenvalue weighted by Gasteiger charge is 2.09. The maximum Gasteiger partial charge on any atom is 0.195 e. The van der Waals surface area contributed by atoms with E-state index < -0.39 is 0 Å². The minimum Gasteiger partial charge on any atom is -0.383 e. The minimum atomic E-state index is 0.565. The van der Waals surface area contributed by atoms with E-state index in [9.17, 15) is 0 Å². The Morgan fingerprint density at radius 1 is 1.63 bits per heavy atom. The molecule has 0 atom stereocenters. The molecule has 0 amide bonds. The predicted molar refractivity (Wildman–Crippen MR) is 81.1 cm³/mol. The van der Waals surface area contributed by atoms with Crippen molar-refractivity contribution < 1.29 is 4.74 Å². The molecular formula is C13H18ClN3OS. The lowest BCUT2D eigenvalue weighted by Gasteiger charge is -2.07. The zero-order valence-electron chi connectivity index (χ0n) is 11.1. The number of hydrogen-bond acceptors (Lipinski definition) is 4. The van der Waals surface area contributed by atoms with Gasteiger partial charge >= 0.3 is 0 Å². The van der Waals surface area contributed by atoms with Gasteiger partial charge in [-0.25, -0.2) is 4.98 Å². The van der Waals surface area contributed by atoms with Crippen LogP contribution in [0.4, 0.5) is 0 Å². The van der Waals surface area contributed by atoms with Crippen LogP contribution in [-0.2, 0) is 4.74 Å². The molecule has 0 saturated heterocycles. The van der Waals surface area contributed by atoms with Crippen LogP contribution in [0.2, 0.25) is 5.15 Å². The number of ether oxygens (including phenoxy) is 1. The van der Waals surface area contributed by atoms with Crippen molar-refractivity contribution in [1.29, 1.82) is 0 Å². The van der Waals surface area contributed by atoms with Crippen molar-refractivity contribution in [3.63, 3.8) is 0 Å². The molecule has 0 radical (unpaired) electrons. The summed E-state index contributed by atoms with van der Waals surface area (Å²) in [7, 11) is 1.71. The van der Waals surface area contributed by atoms with Crippen molar-refractivity contribution in [2.75, 3.05) is 26.8 Å². The first-order chi connectivity index (χ1) is 9.26. The van der Waals surface area contributed by atoms with Gasteiger partial charge in [-0.3, -0.25) is 4.40 Å². The Morgan fingerprint density at radius 3 is 3.21 bits per heavy atom. The van der Waals surface area contributed by atoms with Crippen molar-refractivity contribution >= 4 is 34.0 Å². The molecule has 2 aromatic rings. The third-order valence-electron chi connectivity index (χ3n) is 2.88. The van der Waals surface area contributed by atoms with Gasteiger partial charge in [-0.05, 0) is 12.5 Å². The maximum absolute atomic E-state index is 6.18. The molecule has 104 valence electrons. The van der Waals surface area contributed by atoms with Gasteiger partial charge in [0.05, 0.1) is 12.3 Å². The van der Waals surface area contributed by atoms with E-state index in [0.29, 0.717) is 5.15 Å². The van der Waals surface area contributed by atoms with Crippen LogP contribution >= 0.6 is 22.9 Å². The summed E-state index contributed by atoms with van der Waals surface area (Å²) in [5.74, 6) is 0. The molecule has 0 spiro atoms. The van der Waals surface area contributed by atoms with Crippen LogP contribution in [0.25, 0.3) is 11.0 Å². The Hall–Kier alpha value is -0.880. The van der Waals surface area contributed by atoms with Crippen LogP contribution in [0, 0.1) is 0 Å². The summed E-state index contributed by atoms with van der Waals surface area (Å²) >= 11 is 7.77. The molecule has 4 nitrogen and oxygen atoms in total.